The van der Waals surface area contributed by atoms with Crippen LogP contribution in [0.3, 0.4) is 0 Å². The maximum Gasteiger partial charge on any atom is 0.418 e. The summed E-state index contributed by atoms with van der Waals surface area (Å²) in [5.41, 5.74) is -0.0858. The predicted octanol–water partition coefficient (Wildman–Crippen LogP) is 5.44. The molecule has 9 heteroatoms. The second-order valence-corrected chi connectivity index (χ2v) is 6.65. The zero-order valence-corrected chi connectivity index (χ0v) is 16.5. The van der Waals surface area contributed by atoms with Gasteiger partial charge < -0.3 is 14.5 Å². The van der Waals surface area contributed by atoms with Gasteiger partial charge in [0.15, 0.2) is 6.61 Å². The number of benzene rings is 3. The van der Waals surface area contributed by atoms with Crippen LogP contribution in [0, 0.1) is 0 Å². The molecule has 4 rings (SSSR count). The standard InChI is InChI=1S/C23H16F3N3O3/c24-23(25,26)17-11-5-6-12-18(17)27-20(30)14-31-19-13-7-4-10-16(19)22-29-28-21(32-22)15-8-2-1-3-9-15/h1-13H,14H2,(H,27,30). The number of alkyl halides is 3. The Morgan fingerprint density at radius 3 is 2.31 bits per heavy atom. The first-order valence-corrected chi connectivity index (χ1v) is 9.49. The van der Waals surface area contributed by atoms with Crippen LogP contribution in [0.15, 0.2) is 83.3 Å². The monoisotopic (exact) mass is 439 g/mol. The van der Waals surface area contributed by atoms with E-state index in [1.165, 1.54) is 18.2 Å². The van der Waals surface area contributed by atoms with Crippen molar-refractivity contribution in [3.63, 3.8) is 0 Å². The summed E-state index contributed by atoms with van der Waals surface area (Å²) in [6.07, 6.45) is -4.59. The summed E-state index contributed by atoms with van der Waals surface area (Å²) in [5.74, 6) is 0.0289. The Balaban J connectivity index is 1.48. The number of anilines is 1. The molecule has 0 radical (unpaired) electrons. The molecule has 0 saturated heterocycles. The molecule has 0 saturated carbocycles. The second-order valence-electron chi connectivity index (χ2n) is 6.65. The third-order valence-corrected chi connectivity index (χ3v) is 4.43. The van der Waals surface area contributed by atoms with E-state index in [1.807, 2.05) is 30.3 Å². The number of carbonyl (C=O) groups excluding carboxylic acids is 1. The smallest absolute Gasteiger partial charge is 0.418 e. The topological polar surface area (TPSA) is 77.2 Å². The predicted molar refractivity (Wildman–Crippen MR) is 111 cm³/mol. The highest BCUT2D eigenvalue weighted by molar-refractivity contribution is 5.92. The number of hydrogen-bond donors (Lipinski definition) is 1. The Hall–Kier alpha value is -4.14. The van der Waals surface area contributed by atoms with Crippen molar-refractivity contribution in [1.82, 2.24) is 10.2 Å². The highest BCUT2D eigenvalue weighted by Gasteiger charge is 2.33. The fraction of sp³-hybridized carbons (Fsp3) is 0.0870. The number of aromatic nitrogens is 2. The third kappa shape index (κ3) is 4.77. The fourth-order valence-electron chi connectivity index (χ4n) is 2.97. The van der Waals surface area contributed by atoms with Crippen molar-refractivity contribution in [3.05, 3.63) is 84.4 Å². The van der Waals surface area contributed by atoms with Crippen molar-refractivity contribution >= 4 is 11.6 Å². The number of halogens is 3. The molecule has 0 bridgehead atoms. The van der Waals surface area contributed by atoms with Gasteiger partial charge in [0.2, 0.25) is 5.89 Å². The summed E-state index contributed by atoms with van der Waals surface area (Å²) in [6.45, 7) is -0.511. The first-order valence-electron chi connectivity index (χ1n) is 9.49. The summed E-state index contributed by atoms with van der Waals surface area (Å²) in [6, 6.07) is 20.6. The van der Waals surface area contributed by atoms with Crippen molar-refractivity contribution in [3.8, 4) is 28.7 Å². The zero-order valence-electron chi connectivity index (χ0n) is 16.5. The van der Waals surface area contributed by atoms with Crippen LogP contribution < -0.4 is 10.1 Å². The molecule has 32 heavy (non-hydrogen) atoms. The number of hydrogen-bond acceptors (Lipinski definition) is 5. The molecule has 0 aliphatic heterocycles. The highest BCUT2D eigenvalue weighted by atomic mass is 19.4. The second kappa shape index (κ2) is 8.93. The number of nitrogens with one attached hydrogen (secondary N) is 1. The number of ether oxygens (including phenoxy) is 1. The molecule has 162 valence electrons. The molecule has 1 amide bonds. The lowest BCUT2D eigenvalue weighted by molar-refractivity contribution is -0.137. The summed E-state index contributed by atoms with van der Waals surface area (Å²) in [7, 11) is 0. The summed E-state index contributed by atoms with van der Waals surface area (Å²) >= 11 is 0. The minimum Gasteiger partial charge on any atom is -0.483 e. The molecule has 0 atom stereocenters. The van der Waals surface area contributed by atoms with E-state index in [-0.39, 0.29) is 17.3 Å². The summed E-state index contributed by atoms with van der Waals surface area (Å²) in [4.78, 5) is 12.2. The molecular formula is C23H16F3N3O3. The maximum absolute atomic E-state index is 13.1. The van der Waals surface area contributed by atoms with Crippen LogP contribution in [0.25, 0.3) is 22.9 Å². The van der Waals surface area contributed by atoms with Gasteiger partial charge in [-0.15, -0.1) is 10.2 Å². The molecule has 1 N–H and O–H groups in total. The van der Waals surface area contributed by atoms with Crippen molar-refractivity contribution in [2.75, 3.05) is 11.9 Å². The van der Waals surface area contributed by atoms with Crippen LogP contribution in [0.2, 0.25) is 0 Å². The lowest BCUT2D eigenvalue weighted by Gasteiger charge is -2.14. The van der Waals surface area contributed by atoms with Gasteiger partial charge in [0.05, 0.1) is 16.8 Å². The van der Waals surface area contributed by atoms with Crippen LogP contribution >= 0.6 is 0 Å². The SMILES string of the molecule is O=C(COc1ccccc1-c1nnc(-c2ccccc2)o1)Nc1ccccc1C(F)(F)F. The van der Waals surface area contributed by atoms with E-state index in [4.69, 9.17) is 9.15 Å². The molecular weight excluding hydrogens is 423 g/mol. The first-order chi connectivity index (χ1) is 15.4. The van der Waals surface area contributed by atoms with Gasteiger partial charge >= 0.3 is 6.18 Å². The van der Waals surface area contributed by atoms with Gasteiger partial charge in [0, 0.05) is 5.56 Å². The minimum atomic E-state index is -4.59. The van der Waals surface area contributed by atoms with E-state index in [2.05, 4.69) is 15.5 Å². The van der Waals surface area contributed by atoms with Gasteiger partial charge in [-0.2, -0.15) is 13.2 Å². The lowest BCUT2D eigenvalue weighted by atomic mass is 10.1. The van der Waals surface area contributed by atoms with E-state index in [9.17, 15) is 18.0 Å². The van der Waals surface area contributed by atoms with Crippen molar-refractivity contribution in [2.24, 2.45) is 0 Å². The Bertz CT molecular complexity index is 1220. The lowest BCUT2D eigenvalue weighted by Crippen LogP contribution is -2.22. The average Bonchev–Trinajstić information content (AvgIpc) is 3.28. The van der Waals surface area contributed by atoms with E-state index < -0.39 is 24.3 Å². The fourth-order valence-corrected chi connectivity index (χ4v) is 2.97. The average molecular weight is 439 g/mol. The number of para-hydroxylation sites is 2. The number of nitrogens with zero attached hydrogens (tertiary/aromatic N) is 2. The Labute approximate surface area is 180 Å². The Morgan fingerprint density at radius 1 is 0.875 bits per heavy atom. The molecule has 6 nitrogen and oxygen atoms in total. The van der Waals surface area contributed by atoms with Crippen LogP contribution in [0.4, 0.5) is 18.9 Å². The highest BCUT2D eigenvalue weighted by Crippen LogP contribution is 2.35. The number of carbonyl (C=O) groups is 1. The van der Waals surface area contributed by atoms with E-state index in [0.29, 0.717) is 11.5 Å². The van der Waals surface area contributed by atoms with E-state index in [0.717, 1.165) is 11.6 Å². The molecule has 1 aromatic heterocycles. The van der Waals surface area contributed by atoms with E-state index >= 15 is 0 Å². The maximum atomic E-state index is 13.1. The molecule has 0 spiro atoms. The quantitative estimate of drug-likeness (QED) is 0.433. The molecule has 1 heterocycles. The third-order valence-electron chi connectivity index (χ3n) is 4.43. The largest absolute Gasteiger partial charge is 0.483 e. The summed E-state index contributed by atoms with van der Waals surface area (Å²) < 4.78 is 50.6. The Morgan fingerprint density at radius 2 is 1.53 bits per heavy atom. The molecule has 0 aliphatic carbocycles. The van der Waals surface area contributed by atoms with Crippen molar-refractivity contribution in [2.45, 2.75) is 6.18 Å². The summed E-state index contributed by atoms with van der Waals surface area (Å²) in [5, 5.41) is 10.3. The van der Waals surface area contributed by atoms with Crippen LogP contribution in [0.5, 0.6) is 5.75 Å². The first kappa shape index (κ1) is 21.1. The van der Waals surface area contributed by atoms with Crippen molar-refractivity contribution < 1.29 is 27.1 Å². The van der Waals surface area contributed by atoms with Gasteiger partial charge in [-0.3, -0.25) is 4.79 Å². The minimum absolute atomic E-state index is 0.183. The van der Waals surface area contributed by atoms with Crippen LogP contribution in [-0.4, -0.2) is 22.7 Å². The number of rotatable bonds is 6. The molecule has 4 aromatic rings. The van der Waals surface area contributed by atoms with Gasteiger partial charge in [-0.1, -0.05) is 42.5 Å². The normalized spacial score (nSPS) is 11.2. The van der Waals surface area contributed by atoms with Crippen LogP contribution in [-0.2, 0) is 11.0 Å². The Kier molecular flexibility index (Phi) is 5.89. The van der Waals surface area contributed by atoms with Crippen molar-refractivity contribution in [1.29, 1.82) is 0 Å². The molecule has 0 aliphatic rings. The van der Waals surface area contributed by atoms with Gasteiger partial charge in [-0.05, 0) is 36.4 Å². The van der Waals surface area contributed by atoms with Gasteiger partial charge in [0.1, 0.15) is 5.75 Å². The van der Waals surface area contributed by atoms with Gasteiger partial charge in [0.25, 0.3) is 11.8 Å². The zero-order chi connectivity index (χ0) is 22.6. The number of amides is 1. The van der Waals surface area contributed by atoms with Crippen LogP contribution in [0.1, 0.15) is 5.56 Å². The van der Waals surface area contributed by atoms with Gasteiger partial charge in [-0.25, -0.2) is 0 Å². The van der Waals surface area contributed by atoms with E-state index in [1.54, 1.807) is 24.3 Å². The molecule has 0 fully saturated rings. The molecule has 3 aromatic carbocycles. The molecule has 0 unspecified atom stereocenters.